The van der Waals surface area contributed by atoms with Crippen LogP contribution in [0.3, 0.4) is 0 Å². The molecule has 13 aromatic carbocycles. The highest BCUT2D eigenvalue weighted by Crippen LogP contribution is 2.55. The zero-order chi connectivity index (χ0) is 85.9. The van der Waals surface area contributed by atoms with Crippen molar-refractivity contribution in [2.24, 2.45) is 0 Å². The summed E-state index contributed by atoms with van der Waals surface area (Å²) in [5, 5.41) is 6.60. The smallest absolute Gasteiger partial charge is 0.266 e. The minimum atomic E-state index is -0.580. The van der Waals surface area contributed by atoms with E-state index in [0.717, 1.165) is 173 Å². The molecule has 0 N–H and O–H groups in total. The number of carbonyl (C=O) groups is 8. The standard InChI is InChI=1S/C107H108N6O10/c1-12-17-21-25-57-108(58-26-22-18-13-2)86-55-53-80-90-74(86)37-31-39-78(90)100(114)110(102(80)116)67-41-45-69(46-42-67)122-88-61-84-92-82(104(118)112(106(84)120)98-66(16-5)33-29-34-71(98)63(6)7)51-49-76-95-89(62-85-93-83(52-50-77(97(93)95)94(88)96(76)92)105(119)113(107(85)121)99-72(64(8)9)35-30-36-73(99)65(10)11)123-70-47-43-68(44-48-70)111-101(115)79-40-32-38-75-87(56-54-81(91(75)79)103(111)117)109(59-27-23-19-14-3)60-28-24-20-15-4/h29-56,61-65H,12-28,57-60H2,1-11H3. The van der Waals surface area contributed by atoms with Gasteiger partial charge in [0.1, 0.15) is 23.0 Å². The lowest BCUT2D eigenvalue weighted by atomic mass is 9.81. The van der Waals surface area contributed by atoms with Gasteiger partial charge in [-0.15, -0.1) is 0 Å². The quantitative estimate of drug-likeness (QED) is 0.0162. The first-order valence-electron chi connectivity index (χ1n) is 45.0. The van der Waals surface area contributed by atoms with Crippen LogP contribution in [0.4, 0.5) is 34.1 Å². The van der Waals surface area contributed by atoms with E-state index in [2.05, 4.69) is 37.5 Å². The summed E-state index contributed by atoms with van der Waals surface area (Å²) in [5.74, 6) is -3.40. The second-order valence-electron chi connectivity index (χ2n) is 34.8. The Morgan fingerprint density at radius 3 is 0.959 bits per heavy atom. The van der Waals surface area contributed by atoms with Crippen LogP contribution in [0, 0.1) is 0 Å². The number of unbranched alkanes of at least 4 members (excludes halogenated alkanes) is 12. The number of nitrogens with zero attached hydrogens (tertiary/aromatic N) is 6. The average Bonchev–Trinajstić information content (AvgIpc) is 0.675. The van der Waals surface area contributed by atoms with Gasteiger partial charge in [-0.1, -0.05) is 226 Å². The summed E-state index contributed by atoms with van der Waals surface area (Å²) < 4.78 is 14.6. The van der Waals surface area contributed by atoms with Gasteiger partial charge < -0.3 is 19.3 Å². The normalized spacial score (nSPS) is 14.0. The summed E-state index contributed by atoms with van der Waals surface area (Å²) in [6, 6.07) is 55.1. The first-order chi connectivity index (χ1) is 59.7. The molecule has 4 aliphatic heterocycles. The van der Waals surface area contributed by atoms with E-state index in [1.807, 2.05) is 146 Å². The van der Waals surface area contributed by atoms with Crippen LogP contribution in [0.2, 0.25) is 0 Å². The van der Waals surface area contributed by atoms with Crippen molar-refractivity contribution in [2.45, 2.75) is 203 Å². The number of benzene rings is 13. The van der Waals surface area contributed by atoms with E-state index in [0.29, 0.717) is 105 Å². The van der Waals surface area contributed by atoms with Gasteiger partial charge in [-0.3, -0.25) is 38.4 Å². The Morgan fingerprint density at radius 2 is 0.593 bits per heavy atom. The number of hydrogen-bond acceptors (Lipinski definition) is 12. The molecular formula is C107H108N6O10. The van der Waals surface area contributed by atoms with Crippen LogP contribution >= 0.6 is 0 Å². The maximum Gasteiger partial charge on any atom is 0.266 e. The lowest BCUT2D eigenvalue weighted by Crippen LogP contribution is -2.42. The SMILES string of the molecule is CCCCCCN(CCCCCC)c1ccc2c3c(cccc13)C(=O)N(c1ccc(Oc3cc4c5c(ccc6c7c(Oc8ccc(N9C(=O)c%10cccc%11c(N(CCCCCC)CCCCCC)ccc(c%10%11)C9=O)cc8)cc8c9c(ccc(c3c56)c97)C(=O)N(c3c(C(C)C)cccc3C(C)C)C8=O)C(=O)N(c3c(CC)cccc3C(C)C)C4=O)cc1)C2=O. The third-order valence-corrected chi connectivity index (χ3v) is 25.9. The Balaban J connectivity index is 0.813. The minimum absolute atomic E-state index is 0.0905. The van der Waals surface area contributed by atoms with Crippen LogP contribution in [0.1, 0.15) is 302 Å². The second-order valence-corrected chi connectivity index (χ2v) is 34.8. The zero-order valence-electron chi connectivity index (χ0n) is 72.7. The molecule has 0 saturated heterocycles. The fourth-order valence-corrected chi connectivity index (χ4v) is 19.8. The molecule has 0 aliphatic carbocycles. The molecule has 0 radical (unpaired) electrons. The van der Waals surface area contributed by atoms with E-state index in [9.17, 15) is 0 Å². The highest BCUT2D eigenvalue weighted by atomic mass is 16.5. The van der Waals surface area contributed by atoms with Gasteiger partial charge in [0.05, 0.1) is 33.9 Å². The molecule has 4 aliphatic rings. The molecule has 17 rings (SSSR count). The molecule has 16 heteroatoms. The van der Waals surface area contributed by atoms with Crippen LogP contribution in [0.5, 0.6) is 23.0 Å². The number of hydrogen-bond donors (Lipinski definition) is 0. The topological polar surface area (TPSA) is 174 Å². The van der Waals surface area contributed by atoms with Crippen molar-refractivity contribution in [1.29, 1.82) is 0 Å². The molecule has 4 heterocycles. The molecule has 0 fully saturated rings. The summed E-state index contributed by atoms with van der Waals surface area (Å²) in [5.41, 5.74) is 9.48. The first kappa shape index (κ1) is 82.7. The van der Waals surface area contributed by atoms with E-state index < -0.39 is 47.3 Å². The van der Waals surface area contributed by atoms with E-state index in [1.54, 1.807) is 84.9 Å². The number of rotatable bonds is 34. The molecular weight excluding hydrogens is 1530 g/mol. The van der Waals surface area contributed by atoms with Crippen LogP contribution in [0.15, 0.2) is 182 Å². The fraction of sp³-hybridized carbons (Fsp3) is 0.327. The summed E-state index contributed by atoms with van der Waals surface area (Å²) in [6.07, 6.45) is 18.3. The predicted molar refractivity (Wildman–Crippen MR) is 499 cm³/mol. The van der Waals surface area contributed by atoms with Gasteiger partial charge in [0.25, 0.3) is 47.3 Å². The Labute approximate surface area is 720 Å². The van der Waals surface area contributed by atoms with Gasteiger partial charge in [-0.25, -0.2) is 19.6 Å². The molecule has 0 aromatic heterocycles. The second kappa shape index (κ2) is 34.4. The Morgan fingerprint density at radius 1 is 0.276 bits per heavy atom. The number of carbonyl (C=O) groups excluding carboxylic acids is 8. The molecule has 0 spiro atoms. The van der Waals surface area contributed by atoms with Crippen molar-refractivity contribution in [1.82, 2.24) is 0 Å². The third-order valence-electron chi connectivity index (χ3n) is 25.9. The maximum atomic E-state index is 16.4. The number of ether oxygens (including phenoxy) is 2. The van der Waals surface area contributed by atoms with Crippen molar-refractivity contribution in [2.75, 3.05) is 55.6 Å². The molecule has 16 nitrogen and oxygen atoms in total. The number of para-hydroxylation sites is 2. The average molecular weight is 1640 g/mol. The molecule has 8 amide bonds. The van der Waals surface area contributed by atoms with Crippen LogP contribution < -0.4 is 38.9 Å². The van der Waals surface area contributed by atoms with E-state index in [1.165, 1.54) is 19.6 Å². The highest BCUT2D eigenvalue weighted by Gasteiger charge is 2.44. The van der Waals surface area contributed by atoms with Crippen molar-refractivity contribution in [3.63, 3.8) is 0 Å². The molecule has 0 unspecified atom stereocenters. The van der Waals surface area contributed by atoms with Crippen LogP contribution in [-0.2, 0) is 6.42 Å². The van der Waals surface area contributed by atoms with Crippen molar-refractivity contribution in [3.05, 3.63) is 249 Å². The lowest BCUT2D eigenvalue weighted by molar-refractivity contribution is 0.0877. The first-order valence-corrected chi connectivity index (χ1v) is 45.0. The molecule has 13 aromatic rings. The number of anilines is 6. The van der Waals surface area contributed by atoms with E-state index in [-0.39, 0.29) is 63.0 Å². The summed E-state index contributed by atoms with van der Waals surface area (Å²) >= 11 is 0. The minimum Gasteiger partial charge on any atom is -0.457 e. The van der Waals surface area contributed by atoms with Crippen molar-refractivity contribution in [3.8, 4) is 23.0 Å². The van der Waals surface area contributed by atoms with Gasteiger partial charge in [0, 0.05) is 125 Å². The number of imide groups is 4. The monoisotopic (exact) mass is 1640 g/mol. The van der Waals surface area contributed by atoms with Gasteiger partial charge in [-0.05, 0) is 192 Å². The van der Waals surface area contributed by atoms with Gasteiger partial charge in [0.2, 0.25) is 0 Å². The van der Waals surface area contributed by atoms with Gasteiger partial charge in [0.15, 0.2) is 0 Å². The van der Waals surface area contributed by atoms with Gasteiger partial charge >= 0.3 is 0 Å². The summed E-state index contributed by atoms with van der Waals surface area (Å²) in [6.45, 7) is 26.6. The van der Waals surface area contributed by atoms with E-state index >= 15 is 38.4 Å². The Hall–Kier alpha value is -12.6. The molecule has 0 saturated carbocycles. The number of amides is 8. The lowest BCUT2D eigenvalue weighted by Gasteiger charge is -2.34. The Bertz CT molecular complexity index is 6360. The number of aryl methyl sites for hydroxylation is 1. The van der Waals surface area contributed by atoms with Crippen molar-refractivity contribution < 1.29 is 47.8 Å². The molecule has 0 atom stereocenters. The predicted octanol–water partition coefficient (Wildman–Crippen LogP) is 26.7. The fourth-order valence-electron chi connectivity index (χ4n) is 19.8. The maximum absolute atomic E-state index is 16.4. The largest absolute Gasteiger partial charge is 0.457 e. The molecule has 0 bridgehead atoms. The summed E-state index contributed by atoms with van der Waals surface area (Å²) in [7, 11) is 0. The van der Waals surface area contributed by atoms with E-state index in [4.69, 9.17) is 9.47 Å². The number of fused-ring (bicyclic) bond motifs is 2. The summed E-state index contributed by atoms with van der Waals surface area (Å²) in [4.78, 5) is 135. The van der Waals surface area contributed by atoms with Crippen molar-refractivity contribution >= 4 is 146 Å². The molecule has 123 heavy (non-hydrogen) atoms. The molecule has 626 valence electrons. The zero-order valence-corrected chi connectivity index (χ0v) is 72.7. The highest BCUT2D eigenvalue weighted by molar-refractivity contribution is 6.47. The third kappa shape index (κ3) is 14.3. The van der Waals surface area contributed by atoms with Gasteiger partial charge in [-0.2, -0.15) is 0 Å². The van der Waals surface area contributed by atoms with Crippen LogP contribution in [0.25, 0.3) is 64.6 Å². The van der Waals surface area contributed by atoms with Crippen LogP contribution in [-0.4, -0.2) is 73.4 Å². The Kier molecular flexibility index (Phi) is 23.1.